The number of hydrazine groups is 1. The first-order valence-corrected chi connectivity index (χ1v) is 5.35. The lowest BCUT2D eigenvalue weighted by molar-refractivity contribution is 0.618. The molecule has 0 aliphatic rings. The van der Waals surface area contributed by atoms with Gasteiger partial charge in [-0.15, -0.1) is 0 Å². The van der Waals surface area contributed by atoms with Gasteiger partial charge in [0.15, 0.2) is 11.6 Å². The summed E-state index contributed by atoms with van der Waals surface area (Å²) in [5.41, 5.74) is 2.98. The van der Waals surface area contributed by atoms with E-state index in [1.165, 1.54) is 0 Å². The van der Waals surface area contributed by atoms with Crippen LogP contribution < -0.4 is 16.6 Å². The van der Waals surface area contributed by atoms with Gasteiger partial charge < -0.3 is 10.7 Å². The van der Waals surface area contributed by atoms with Crippen molar-refractivity contribution in [3.63, 3.8) is 0 Å². The maximum Gasteiger partial charge on any atom is 0.208 e. The highest BCUT2D eigenvalue weighted by molar-refractivity contribution is 5.49. The molecular formula is C11H13FN6. The van der Waals surface area contributed by atoms with E-state index >= 15 is 0 Å². The Hall–Kier alpha value is -2.28. The van der Waals surface area contributed by atoms with E-state index in [2.05, 4.69) is 25.7 Å². The van der Waals surface area contributed by atoms with E-state index in [9.17, 15) is 4.39 Å². The number of rotatable bonds is 4. The van der Waals surface area contributed by atoms with E-state index in [1.807, 2.05) is 18.2 Å². The van der Waals surface area contributed by atoms with Crippen molar-refractivity contribution >= 4 is 11.6 Å². The molecule has 0 spiro atoms. The molecule has 2 aromatic rings. The van der Waals surface area contributed by atoms with Crippen LogP contribution in [0.3, 0.4) is 0 Å². The van der Waals surface area contributed by atoms with Crippen LogP contribution >= 0.6 is 0 Å². The summed E-state index contributed by atoms with van der Waals surface area (Å²) in [5.74, 6) is 5.05. The first kappa shape index (κ1) is 12.2. The molecule has 4 N–H and O–H groups in total. The summed E-state index contributed by atoms with van der Waals surface area (Å²) in [6.45, 7) is 2.03. The number of nitrogens with two attached hydrogens (primary N) is 1. The highest BCUT2D eigenvalue weighted by Gasteiger charge is 2.11. The molecule has 2 aromatic heterocycles. The molecule has 0 saturated heterocycles. The number of nitrogen functional groups attached to an aromatic ring is 1. The maximum atomic E-state index is 13.8. The quantitative estimate of drug-likeness (QED) is 0.557. The summed E-state index contributed by atoms with van der Waals surface area (Å²) < 4.78 is 13.8. The Morgan fingerprint density at radius 2 is 2.06 bits per heavy atom. The van der Waals surface area contributed by atoms with Gasteiger partial charge in [-0.25, -0.2) is 15.8 Å². The van der Waals surface area contributed by atoms with E-state index in [-0.39, 0.29) is 11.6 Å². The summed E-state index contributed by atoms with van der Waals surface area (Å²) in [5, 5.41) is 2.86. The van der Waals surface area contributed by atoms with E-state index < -0.39 is 5.82 Å². The fraction of sp³-hybridized carbons (Fsp3) is 0.182. The molecule has 0 bridgehead atoms. The third-order valence-electron chi connectivity index (χ3n) is 2.26. The highest BCUT2D eigenvalue weighted by Crippen LogP contribution is 2.18. The van der Waals surface area contributed by atoms with Crippen molar-refractivity contribution in [2.24, 2.45) is 5.84 Å². The molecule has 0 radical (unpaired) electrons. The van der Waals surface area contributed by atoms with E-state index in [4.69, 9.17) is 5.84 Å². The number of nitrogens with one attached hydrogen (secondary N) is 2. The Morgan fingerprint density at radius 3 is 2.72 bits per heavy atom. The van der Waals surface area contributed by atoms with Gasteiger partial charge in [-0.2, -0.15) is 4.39 Å². The third kappa shape index (κ3) is 2.69. The Morgan fingerprint density at radius 1 is 1.28 bits per heavy atom. The molecule has 0 saturated carbocycles. The zero-order chi connectivity index (χ0) is 13.0. The fourth-order valence-electron chi connectivity index (χ4n) is 1.45. The summed E-state index contributed by atoms with van der Waals surface area (Å²) >= 11 is 0. The molecule has 0 aliphatic heterocycles. The summed E-state index contributed by atoms with van der Waals surface area (Å²) in [6.07, 6.45) is 1.67. The summed E-state index contributed by atoms with van der Waals surface area (Å²) in [7, 11) is 0. The fourth-order valence-corrected chi connectivity index (χ4v) is 1.45. The van der Waals surface area contributed by atoms with Gasteiger partial charge in [0, 0.05) is 6.20 Å². The largest absolute Gasteiger partial charge is 0.362 e. The normalized spacial score (nSPS) is 10.2. The minimum atomic E-state index is -0.612. The molecule has 0 aliphatic carbocycles. The zero-order valence-corrected chi connectivity index (χ0v) is 9.81. The van der Waals surface area contributed by atoms with E-state index in [0.29, 0.717) is 12.4 Å². The molecule has 94 valence electrons. The predicted octanol–water partition coefficient (Wildman–Crippen LogP) is 1.22. The zero-order valence-electron chi connectivity index (χ0n) is 9.81. The highest BCUT2D eigenvalue weighted by atomic mass is 19.1. The Kier molecular flexibility index (Phi) is 3.63. The minimum Gasteiger partial charge on any atom is -0.362 e. The van der Waals surface area contributed by atoms with Gasteiger partial charge >= 0.3 is 0 Å². The maximum absolute atomic E-state index is 13.8. The van der Waals surface area contributed by atoms with E-state index in [0.717, 1.165) is 5.69 Å². The average molecular weight is 248 g/mol. The predicted molar refractivity (Wildman–Crippen MR) is 66.1 cm³/mol. The Bertz CT molecular complexity index is 531. The monoisotopic (exact) mass is 248 g/mol. The van der Waals surface area contributed by atoms with Gasteiger partial charge in [-0.3, -0.25) is 4.98 Å². The van der Waals surface area contributed by atoms with Crippen molar-refractivity contribution < 1.29 is 4.39 Å². The van der Waals surface area contributed by atoms with Crippen molar-refractivity contribution in [1.82, 2.24) is 15.0 Å². The van der Waals surface area contributed by atoms with Crippen LogP contribution in [0.5, 0.6) is 0 Å². The number of nitrogens with zero attached hydrogens (tertiary/aromatic N) is 3. The number of halogens is 1. The van der Waals surface area contributed by atoms with Crippen LogP contribution in [0.15, 0.2) is 24.4 Å². The van der Waals surface area contributed by atoms with Gasteiger partial charge in [0.05, 0.1) is 12.2 Å². The van der Waals surface area contributed by atoms with Gasteiger partial charge in [0.25, 0.3) is 0 Å². The first-order valence-electron chi connectivity index (χ1n) is 5.35. The van der Waals surface area contributed by atoms with Crippen LogP contribution in [0.1, 0.15) is 11.5 Å². The Labute approximate surface area is 103 Å². The minimum absolute atomic E-state index is 0.0361. The molecule has 2 heterocycles. The van der Waals surface area contributed by atoms with Crippen molar-refractivity contribution in [1.29, 1.82) is 0 Å². The SMILES string of the molecule is Cc1nc(NN)c(F)c(NCc2ccccn2)n1. The molecule has 0 aromatic carbocycles. The lowest BCUT2D eigenvalue weighted by Gasteiger charge is -2.09. The second-order valence-corrected chi connectivity index (χ2v) is 3.60. The van der Waals surface area contributed by atoms with Crippen LogP contribution in [0.2, 0.25) is 0 Å². The van der Waals surface area contributed by atoms with Crippen LogP contribution in [-0.4, -0.2) is 15.0 Å². The second-order valence-electron chi connectivity index (χ2n) is 3.60. The van der Waals surface area contributed by atoms with Crippen molar-refractivity contribution in [3.8, 4) is 0 Å². The number of aromatic nitrogens is 3. The molecule has 6 nitrogen and oxygen atoms in total. The number of anilines is 2. The van der Waals surface area contributed by atoms with Crippen LogP contribution in [0, 0.1) is 12.7 Å². The number of pyridine rings is 1. The topological polar surface area (TPSA) is 88.8 Å². The molecule has 0 unspecified atom stereocenters. The van der Waals surface area contributed by atoms with Gasteiger partial charge in [-0.05, 0) is 19.1 Å². The Balaban J connectivity index is 2.17. The molecule has 2 rings (SSSR count). The van der Waals surface area contributed by atoms with Crippen molar-refractivity contribution in [3.05, 3.63) is 41.7 Å². The standard InChI is InChI=1S/C11H13FN6/c1-7-16-10(9(12)11(17-7)18-13)15-6-8-4-2-3-5-14-8/h2-5H,6,13H2,1H3,(H2,15,16,17,18). The average Bonchev–Trinajstić information content (AvgIpc) is 2.40. The van der Waals surface area contributed by atoms with Gasteiger partial charge in [0.1, 0.15) is 5.82 Å². The summed E-state index contributed by atoms with van der Waals surface area (Å²) in [6, 6.07) is 5.51. The number of aryl methyl sites for hydroxylation is 1. The van der Waals surface area contributed by atoms with Crippen LogP contribution in [0.25, 0.3) is 0 Å². The molecule has 18 heavy (non-hydrogen) atoms. The lowest BCUT2D eigenvalue weighted by Crippen LogP contribution is -2.14. The smallest absolute Gasteiger partial charge is 0.208 e. The lowest BCUT2D eigenvalue weighted by atomic mass is 10.3. The summed E-state index contributed by atoms with van der Waals surface area (Å²) in [4.78, 5) is 11.9. The number of hydrogen-bond donors (Lipinski definition) is 3. The first-order chi connectivity index (χ1) is 8.70. The molecule has 7 heteroatoms. The molecule has 0 amide bonds. The third-order valence-corrected chi connectivity index (χ3v) is 2.26. The van der Waals surface area contributed by atoms with Crippen molar-refractivity contribution in [2.45, 2.75) is 13.5 Å². The van der Waals surface area contributed by atoms with Gasteiger partial charge in [-0.1, -0.05) is 6.07 Å². The second kappa shape index (κ2) is 5.37. The molecule has 0 fully saturated rings. The van der Waals surface area contributed by atoms with Gasteiger partial charge in [0.2, 0.25) is 5.82 Å². The molecule has 0 atom stereocenters. The molecular weight excluding hydrogens is 235 g/mol. The number of hydrogen-bond acceptors (Lipinski definition) is 6. The van der Waals surface area contributed by atoms with Crippen molar-refractivity contribution in [2.75, 3.05) is 10.7 Å². The van der Waals surface area contributed by atoms with E-state index in [1.54, 1.807) is 13.1 Å². The van der Waals surface area contributed by atoms with Crippen LogP contribution in [-0.2, 0) is 6.54 Å². The van der Waals surface area contributed by atoms with Crippen LogP contribution in [0.4, 0.5) is 16.0 Å².